The number of anilines is 1. The highest BCUT2D eigenvalue weighted by Gasteiger charge is 2.17. The number of hydrogen-bond acceptors (Lipinski definition) is 3. The quantitative estimate of drug-likeness (QED) is 0.813. The maximum Gasteiger partial charge on any atom is 0.254 e. The third-order valence-electron chi connectivity index (χ3n) is 3.03. The summed E-state index contributed by atoms with van der Waals surface area (Å²) >= 11 is 0. The molecule has 4 nitrogen and oxygen atoms in total. The molecule has 0 spiro atoms. The van der Waals surface area contributed by atoms with Crippen molar-refractivity contribution < 1.29 is 13.6 Å². The lowest BCUT2D eigenvalue weighted by molar-refractivity contribution is 0.0758. The molecule has 0 heterocycles. The largest absolute Gasteiger partial charge is 0.394 e. The van der Waals surface area contributed by atoms with Gasteiger partial charge in [0.15, 0.2) is 0 Å². The van der Waals surface area contributed by atoms with Gasteiger partial charge in [0.25, 0.3) is 5.91 Å². The van der Waals surface area contributed by atoms with Crippen molar-refractivity contribution in [2.24, 2.45) is 0 Å². The molecule has 1 rings (SSSR count). The average molecular weight is 285 g/mol. The molecule has 20 heavy (non-hydrogen) atoms. The van der Waals surface area contributed by atoms with Crippen LogP contribution in [0.4, 0.5) is 14.5 Å². The van der Waals surface area contributed by atoms with E-state index in [4.69, 9.17) is 5.73 Å². The number of amides is 1. The molecule has 1 amide bonds. The molecule has 0 aromatic heterocycles. The molecule has 6 heteroatoms. The van der Waals surface area contributed by atoms with Gasteiger partial charge >= 0.3 is 0 Å². The number of carbonyl (C=O) groups is 1. The van der Waals surface area contributed by atoms with Crippen LogP contribution in [0.1, 0.15) is 23.7 Å². The summed E-state index contributed by atoms with van der Waals surface area (Å²) in [5.74, 6) is -2.19. The number of hydrogen-bond donors (Lipinski definition) is 1. The standard InChI is InChI=1S/C14H21F2N3O/c1-4-19(7-5-6-18(2)3)14(20)10-8-11(15)13(17)12(16)9-10/h8-9H,4-7,17H2,1-3H3. The van der Waals surface area contributed by atoms with E-state index in [2.05, 4.69) is 0 Å². The van der Waals surface area contributed by atoms with Crippen LogP contribution in [0, 0.1) is 11.6 Å². The first-order valence-electron chi connectivity index (χ1n) is 6.55. The van der Waals surface area contributed by atoms with Crippen LogP contribution in [0.5, 0.6) is 0 Å². The summed E-state index contributed by atoms with van der Waals surface area (Å²) in [5, 5.41) is 0. The van der Waals surface area contributed by atoms with E-state index in [1.807, 2.05) is 25.9 Å². The Balaban J connectivity index is 2.80. The van der Waals surface area contributed by atoms with Crippen LogP contribution in [0.25, 0.3) is 0 Å². The summed E-state index contributed by atoms with van der Waals surface area (Å²) in [6.45, 7) is 3.70. The second-order valence-electron chi connectivity index (χ2n) is 4.90. The van der Waals surface area contributed by atoms with Crippen molar-refractivity contribution in [3.63, 3.8) is 0 Å². The van der Waals surface area contributed by atoms with Crippen LogP contribution >= 0.6 is 0 Å². The minimum absolute atomic E-state index is 0.0131. The van der Waals surface area contributed by atoms with Gasteiger partial charge in [-0.25, -0.2) is 8.78 Å². The first kappa shape index (κ1) is 16.4. The highest BCUT2D eigenvalue weighted by atomic mass is 19.1. The molecule has 112 valence electrons. The Bertz CT molecular complexity index is 454. The van der Waals surface area contributed by atoms with Crippen LogP contribution < -0.4 is 5.73 Å². The SMILES string of the molecule is CCN(CCCN(C)C)C(=O)c1cc(F)c(N)c(F)c1. The lowest BCUT2D eigenvalue weighted by Gasteiger charge is -2.22. The van der Waals surface area contributed by atoms with Crippen LogP contribution in [-0.4, -0.2) is 49.4 Å². The third kappa shape index (κ3) is 4.16. The minimum Gasteiger partial charge on any atom is -0.394 e. The number of halogens is 2. The highest BCUT2D eigenvalue weighted by molar-refractivity contribution is 5.94. The van der Waals surface area contributed by atoms with Crippen molar-refractivity contribution in [1.82, 2.24) is 9.80 Å². The first-order valence-corrected chi connectivity index (χ1v) is 6.55. The number of nitrogen functional groups attached to an aromatic ring is 1. The normalized spacial score (nSPS) is 10.9. The summed E-state index contributed by atoms with van der Waals surface area (Å²) in [6, 6.07) is 1.96. The van der Waals surface area contributed by atoms with Crippen molar-refractivity contribution in [1.29, 1.82) is 0 Å². The first-order chi connectivity index (χ1) is 9.36. The summed E-state index contributed by atoms with van der Waals surface area (Å²) < 4.78 is 26.8. The predicted molar refractivity (Wildman–Crippen MR) is 75.5 cm³/mol. The fraction of sp³-hybridized carbons (Fsp3) is 0.500. The van der Waals surface area contributed by atoms with Crippen molar-refractivity contribution in [3.05, 3.63) is 29.3 Å². The molecule has 0 atom stereocenters. The van der Waals surface area contributed by atoms with Crippen molar-refractivity contribution in [2.75, 3.05) is 39.5 Å². The molecule has 0 aliphatic carbocycles. The Hall–Kier alpha value is -1.69. The van der Waals surface area contributed by atoms with E-state index in [-0.39, 0.29) is 11.5 Å². The van der Waals surface area contributed by atoms with E-state index in [0.717, 1.165) is 25.1 Å². The smallest absolute Gasteiger partial charge is 0.254 e. The van der Waals surface area contributed by atoms with E-state index in [0.29, 0.717) is 13.1 Å². The van der Waals surface area contributed by atoms with Gasteiger partial charge in [0.05, 0.1) is 0 Å². The van der Waals surface area contributed by atoms with Crippen LogP contribution in [-0.2, 0) is 0 Å². The predicted octanol–water partition coefficient (Wildman–Crippen LogP) is 1.96. The van der Waals surface area contributed by atoms with Gasteiger partial charge in [0.1, 0.15) is 17.3 Å². The second-order valence-corrected chi connectivity index (χ2v) is 4.90. The molecular weight excluding hydrogens is 264 g/mol. The zero-order chi connectivity index (χ0) is 15.3. The molecule has 0 aliphatic rings. The molecule has 0 bridgehead atoms. The summed E-state index contributed by atoms with van der Waals surface area (Å²) in [5.41, 5.74) is 4.62. The van der Waals surface area contributed by atoms with Gasteiger partial charge in [-0.1, -0.05) is 0 Å². The fourth-order valence-corrected chi connectivity index (χ4v) is 1.87. The molecule has 0 saturated heterocycles. The van der Waals surface area contributed by atoms with Crippen LogP contribution in [0.2, 0.25) is 0 Å². The van der Waals surface area contributed by atoms with Gasteiger partial charge in [0.2, 0.25) is 0 Å². The van der Waals surface area contributed by atoms with Gasteiger partial charge in [-0.2, -0.15) is 0 Å². The number of benzene rings is 1. The van der Waals surface area contributed by atoms with E-state index in [1.54, 1.807) is 4.90 Å². The number of rotatable bonds is 6. The van der Waals surface area contributed by atoms with Crippen LogP contribution in [0.15, 0.2) is 12.1 Å². The molecular formula is C14H21F2N3O. The zero-order valence-electron chi connectivity index (χ0n) is 12.1. The molecule has 1 aromatic carbocycles. The van der Waals surface area contributed by atoms with Gasteiger partial charge in [0, 0.05) is 18.7 Å². The molecule has 0 aliphatic heterocycles. The van der Waals surface area contributed by atoms with Gasteiger partial charge < -0.3 is 15.5 Å². The Morgan fingerprint density at radius 2 is 1.75 bits per heavy atom. The summed E-state index contributed by atoms with van der Waals surface area (Å²) in [6.07, 6.45) is 0.798. The van der Waals surface area contributed by atoms with Gasteiger partial charge in [-0.15, -0.1) is 0 Å². The Morgan fingerprint density at radius 1 is 1.20 bits per heavy atom. The Kier molecular flexibility index (Phi) is 5.88. The van der Waals surface area contributed by atoms with E-state index < -0.39 is 17.3 Å². The minimum atomic E-state index is -0.905. The van der Waals surface area contributed by atoms with E-state index in [9.17, 15) is 13.6 Å². The number of nitrogens with zero attached hydrogens (tertiary/aromatic N) is 2. The van der Waals surface area contributed by atoms with Gasteiger partial charge in [-0.3, -0.25) is 4.79 Å². The maximum absolute atomic E-state index is 13.4. The van der Waals surface area contributed by atoms with E-state index in [1.165, 1.54) is 0 Å². The van der Waals surface area contributed by atoms with Crippen molar-refractivity contribution >= 4 is 11.6 Å². The van der Waals surface area contributed by atoms with E-state index >= 15 is 0 Å². The number of carbonyl (C=O) groups excluding carboxylic acids is 1. The molecule has 2 N–H and O–H groups in total. The summed E-state index contributed by atoms with van der Waals surface area (Å²) in [7, 11) is 3.89. The van der Waals surface area contributed by atoms with Crippen molar-refractivity contribution in [3.8, 4) is 0 Å². The molecule has 0 radical (unpaired) electrons. The maximum atomic E-state index is 13.4. The second kappa shape index (κ2) is 7.19. The lowest BCUT2D eigenvalue weighted by atomic mass is 10.1. The molecule has 1 aromatic rings. The fourth-order valence-electron chi connectivity index (χ4n) is 1.87. The third-order valence-corrected chi connectivity index (χ3v) is 3.03. The Labute approximate surface area is 118 Å². The topological polar surface area (TPSA) is 49.6 Å². The Morgan fingerprint density at radius 3 is 2.20 bits per heavy atom. The summed E-state index contributed by atoms with van der Waals surface area (Å²) in [4.78, 5) is 15.8. The lowest BCUT2D eigenvalue weighted by Crippen LogP contribution is -2.33. The highest BCUT2D eigenvalue weighted by Crippen LogP contribution is 2.18. The number of nitrogens with two attached hydrogens (primary N) is 1. The molecule has 0 unspecified atom stereocenters. The zero-order valence-corrected chi connectivity index (χ0v) is 12.1. The van der Waals surface area contributed by atoms with Crippen LogP contribution in [0.3, 0.4) is 0 Å². The monoisotopic (exact) mass is 285 g/mol. The molecule has 0 fully saturated rings. The van der Waals surface area contributed by atoms with Crippen molar-refractivity contribution in [2.45, 2.75) is 13.3 Å². The van der Waals surface area contributed by atoms with Gasteiger partial charge in [-0.05, 0) is 46.1 Å². The average Bonchev–Trinajstić information content (AvgIpc) is 2.39. The molecule has 0 saturated carbocycles.